The molecule has 4 heteroatoms. The summed E-state index contributed by atoms with van der Waals surface area (Å²) in [5.74, 6) is 0.293. The number of benzene rings is 1. The number of aromatic hydroxyl groups is 1. The molecule has 1 atom stereocenters. The van der Waals surface area contributed by atoms with Crippen LogP contribution in [0.2, 0.25) is 0 Å². The van der Waals surface area contributed by atoms with Crippen LogP contribution in [0.1, 0.15) is 24.9 Å². The fourth-order valence-corrected chi connectivity index (χ4v) is 1.66. The maximum Gasteiger partial charge on any atom is 0.115 e. The summed E-state index contributed by atoms with van der Waals surface area (Å²) in [7, 11) is 0. The Morgan fingerprint density at radius 3 is 2.69 bits per heavy atom. The van der Waals surface area contributed by atoms with Gasteiger partial charge in [-0.05, 0) is 24.1 Å². The molecule has 0 bridgehead atoms. The lowest BCUT2D eigenvalue weighted by Gasteiger charge is -2.17. The van der Waals surface area contributed by atoms with Gasteiger partial charge in [-0.3, -0.25) is 5.10 Å². The highest BCUT2D eigenvalue weighted by molar-refractivity contribution is 5.41. The summed E-state index contributed by atoms with van der Waals surface area (Å²) in [4.78, 5) is 0. The van der Waals surface area contributed by atoms with E-state index >= 15 is 0 Å². The smallest absolute Gasteiger partial charge is 0.115 e. The van der Waals surface area contributed by atoms with Gasteiger partial charge in [-0.2, -0.15) is 5.10 Å². The Kier molecular flexibility index (Phi) is 3.10. The number of hydrogen-bond acceptors (Lipinski definition) is 3. The summed E-state index contributed by atoms with van der Waals surface area (Å²) in [6, 6.07) is 7.50. The second-order valence-corrected chi connectivity index (χ2v) is 3.68. The zero-order valence-corrected chi connectivity index (χ0v) is 9.14. The van der Waals surface area contributed by atoms with Crippen LogP contribution in [0.25, 0.3) is 0 Å². The van der Waals surface area contributed by atoms with Crippen LogP contribution in [0.5, 0.6) is 5.75 Å². The monoisotopic (exact) mass is 217 g/mol. The number of anilines is 1. The van der Waals surface area contributed by atoms with Crippen LogP contribution >= 0.6 is 0 Å². The minimum absolute atomic E-state index is 0.234. The third-order valence-electron chi connectivity index (χ3n) is 2.54. The van der Waals surface area contributed by atoms with Crippen molar-refractivity contribution < 1.29 is 5.11 Å². The molecule has 0 aliphatic heterocycles. The summed E-state index contributed by atoms with van der Waals surface area (Å²) in [6.07, 6.45) is 4.54. The van der Waals surface area contributed by atoms with E-state index in [4.69, 9.17) is 0 Å². The number of rotatable bonds is 4. The molecule has 2 rings (SSSR count). The highest BCUT2D eigenvalue weighted by Crippen LogP contribution is 2.23. The Hall–Kier alpha value is -1.97. The zero-order valence-electron chi connectivity index (χ0n) is 9.14. The van der Waals surface area contributed by atoms with Gasteiger partial charge in [0, 0.05) is 6.20 Å². The number of hydrogen-bond donors (Lipinski definition) is 3. The molecule has 0 aliphatic carbocycles. The Balaban J connectivity index is 2.13. The van der Waals surface area contributed by atoms with Crippen LogP contribution in [0.4, 0.5) is 5.69 Å². The second-order valence-electron chi connectivity index (χ2n) is 3.68. The first kappa shape index (κ1) is 10.5. The summed E-state index contributed by atoms with van der Waals surface area (Å²) >= 11 is 0. The molecule has 2 aromatic rings. The molecule has 0 saturated carbocycles. The van der Waals surface area contributed by atoms with Crippen molar-refractivity contribution in [2.45, 2.75) is 19.4 Å². The highest BCUT2D eigenvalue weighted by Gasteiger charge is 2.09. The minimum atomic E-state index is 0.234. The van der Waals surface area contributed by atoms with E-state index in [9.17, 15) is 5.11 Å². The molecule has 0 aliphatic rings. The molecule has 4 nitrogen and oxygen atoms in total. The third-order valence-corrected chi connectivity index (χ3v) is 2.54. The molecule has 0 fully saturated rings. The lowest BCUT2D eigenvalue weighted by molar-refractivity contribution is 0.475. The van der Waals surface area contributed by atoms with Crippen molar-refractivity contribution in [1.82, 2.24) is 10.2 Å². The van der Waals surface area contributed by atoms with Crippen molar-refractivity contribution in [1.29, 1.82) is 0 Å². The van der Waals surface area contributed by atoms with Gasteiger partial charge >= 0.3 is 0 Å². The van der Waals surface area contributed by atoms with E-state index in [0.29, 0.717) is 5.75 Å². The number of H-pyrrole nitrogens is 1. The van der Waals surface area contributed by atoms with E-state index in [2.05, 4.69) is 22.4 Å². The summed E-state index contributed by atoms with van der Waals surface area (Å²) < 4.78 is 0. The topological polar surface area (TPSA) is 60.9 Å². The molecule has 16 heavy (non-hydrogen) atoms. The first-order valence-corrected chi connectivity index (χ1v) is 5.34. The lowest BCUT2D eigenvalue weighted by atomic mass is 10.0. The fraction of sp³-hybridized carbons (Fsp3) is 0.250. The molecule has 1 unspecified atom stereocenters. The first-order valence-electron chi connectivity index (χ1n) is 5.34. The predicted octanol–water partition coefficient (Wildman–Crippen LogP) is 2.68. The third kappa shape index (κ3) is 2.34. The lowest BCUT2D eigenvalue weighted by Crippen LogP contribution is -2.08. The predicted molar refractivity (Wildman–Crippen MR) is 63.3 cm³/mol. The van der Waals surface area contributed by atoms with E-state index in [1.165, 1.54) is 0 Å². The second kappa shape index (κ2) is 4.70. The Bertz CT molecular complexity index is 422. The largest absolute Gasteiger partial charge is 0.508 e. The average molecular weight is 217 g/mol. The normalized spacial score (nSPS) is 12.3. The zero-order chi connectivity index (χ0) is 11.4. The summed E-state index contributed by atoms with van der Waals surface area (Å²) in [5, 5.41) is 19.3. The van der Waals surface area contributed by atoms with Crippen molar-refractivity contribution in [3.63, 3.8) is 0 Å². The van der Waals surface area contributed by atoms with Crippen molar-refractivity contribution in [2.75, 3.05) is 5.32 Å². The van der Waals surface area contributed by atoms with Gasteiger partial charge in [-0.15, -0.1) is 0 Å². The summed E-state index contributed by atoms with van der Waals surface area (Å²) in [5.41, 5.74) is 2.13. The van der Waals surface area contributed by atoms with Gasteiger partial charge in [0.25, 0.3) is 0 Å². The van der Waals surface area contributed by atoms with Gasteiger partial charge in [-0.25, -0.2) is 0 Å². The van der Waals surface area contributed by atoms with Gasteiger partial charge in [-0.1, -0.05) is 19.1 Å². The standard InChI is InChI=1S/C12H15N3O/c1-2-12(15-10-7-13-14-8-10)9-3-5-11(16)6-4-9/h3-8,12,15-16H,2H2,1H3,(H,13,14). The van der Waals surface area contributed by atoms with Crippen molar-refractivity contribution in [3.8, 4) is 5.75 Å². The van der Waals surface area contributed by atoms with Gasteiger partial charge in [0.2, 0.25) is 0 Å². The average Bonchev–Trinajstić information content (AvgIpc) is 2.80. The summed E-state index contributed by atoms with van der Waals surface area (Å²) in [6.45, 7) is 2.12. The van der Waals surface area contributed by atoms with Crippen LogP contribution in [-0.2, 0) is 0 Å². The molecular weight excluding hydrogens is 202 g/mol. The van der Waals surface area contributed by atoms with E-state index in [1.807, 2.05) is 18.3 Å². The molecule has 0 amide bonds. The number of aromatic nitrogens is 2. The minimum Gasteiger partial charge on any atom is -0.508 e. The Morgan fingerprint density at radius 2 is 2.12 bits per heavy atom. The number of aromatic amines is 1. The Morgan fingerprint density at radius 1 is 1.38 bits per heavy atom. The van der Waals surface area contributed by atoms with Crippen LogP contribution in [0.15, 0.2) is 36.7 Å². The molecule has 1 heterocycles. The number of nitrogens with one attached hydrogen (secondary N) is 2. The SMILES string of the molecule is CCC(Nc1cn[nH]c1)c1ccc(O)cc1. The molecule has 0 saturated heterocycles. The van der Waals surface area contributed by atoms with Crippen LogP contribution in [0, 0.1) is 0 Å². The molecule has 0 radical (unpaired) electrons. The molecule has 3 N–H and O–H groups in total. The quantitative estimate of drug-likeness (QED) is 0.737. The van der Waals surface area contributed by atoms with E-state index in [0.717, 1.165) is 17.7 Å². The maximum absolute atomic E-state index is 9.23. The fourth-order valence-electron chi connectivity index (χ4n) is 1.66. The van der Waals surface area contributed by atoms with Crippen molar-refractivity contribution in [2.24, 2.45) is 0 Å². The first-order chi connectivity index (χ1) is 7.79. The van der Waals surface area contributed by atoms with Crippen molar-refractivity contribution in [3.05, 3.63) is 42.2 Å². The van der Waals surface area contributed by atoms with E-state index in [1.54, 1.807) is 18.3 Å². The van der Waals surface area contributed by atoms with Crippen LogP contribution < -0.4 is 5.32 Å². The number of phenols is 1. The number of nitrogens with zero attached hydrogens (tertiary/aromatic N) is 1. The molecular formula is C12H15N3O. The van der Waals surface area contributed by atoms with Crippen molar-refractivity contribution >= 4 is 5.69 Å². The molecule has 1 aromatic heterocycles. The van der Waals surface area contributed by atoms with Gasteiger partial charge in [0.05, 0.1) is 17.9 Å². The molecule has 84 valence electrons. The highest BCUT2D eigenvalue weighted by atomic mass is 16.3. The van der Waals surface area contributed by atoms with Gasteiger partial charge in [0.15, 0.2) is 0 Å². The van der Waals surface area contributed by atoms with Gasteiger partial charge < -0.3 is 10.4 Å². The maximum atomic E-state index is 9.23. The Labute approximate surface area is 94.3 Å². The van der Waals surface area contributed by atoms with Crippen LogP contribution in [-0.4, -0.2) is 15.3 Å². The molecule has 1 aromatic carbocycles. The van der Waals surface area contributed by atoms with Crippen LogP contribution in [0.3, 0.4) is 0 Å². The van der Waals surface area contributed by atoms with Gasteiger partial charge in [0.1, 0.15) is 5.75 Å². The van der Waals surface area contributed by atoms with E-state index < -0.39 is 0 Å². The molecule has 0 spiro atoms. The number of phenolic OH excluding ortho intramolecular Hbond substituents is 1. The van der Waals surface area contributed by atoms with E-state index in [-0.39, 0.29) is 6.04 Å².